The number of ether oxygens (including phenoxy) is 1. The number of halogens is 3. The van der Waals surface area contributed by atoms with Crippen LogP contribution in [0.3, 0.4) is 0 Å². The highest BCUT2D eigenvalue weighted by molar-refractivity contribution is 5.76. The van der Waals surface area contributed by atoms with Gasteiger partial charge in [0.25, 0.3) is 0 Å². The van der Waals surface area contributed by atoms with Gasteiger partial charge in [-0.2, -0.15) is 13.2 Å². The fourth-order valence-corrected chi connectivity index (χ4v) is 2.98. The summed E-state index contributed by atoms with van der Waals surface area (Å²) in [6, 6.07) is -3.06. The minimum atomic E-state index is -4.59. The molecule has 1 saturated carbocycles. The van der Waals surface area contributed by atoms with E-state index in [2.05, 4.69) is 15.3 Å². The number of carbonyl (C=O) groups is 1. The third-order valence-corrected chi connectivity index (χ3v) is 4.13. The first-order valence-electron chi connectivity index (χ1n) is 7.60. The van der Waals surface area contributed by atoms with Gasteiger partial charge in [-0.05, 0) is 18.8 Å². The van der Waals surface area contributed by atoms with Gasteiger partial charge in [0.05, 0.1) is 19.0 Å². The van der Waals surface area contributed by atoms with E-state index < -0.39 is 24.2 Å². The Morgan fingerprint density at radius 2 is 2.00 bits per heavy atom. The van der Waals surface area contributed by atoms with Crippen molar-refractivity contribution >= 4 is 5.97 Å². The average Bonchev–Trinajstić information content (AvgIpc) is 2.55. The second-order valence-electron chi connectivity index (χ2n) is 5.67. The van der Waals surface area contributed by atoms with Crippen LogP contribution in [0.5, 0.6) is 0 Å². The molecule has 0 amide bonds. The first-order valence-corrected chi connectivity index (χ1v) is 7.60. The van der Waals surface area contributed by atoms with Gasteiger partial charge < -0.3 is 4.74 Å². The van der Waals surface area contributed by atoms with Gasteiger partial charge in [-0.15, -0.1) is 0 Å². The van der Waals surface area contributed by atoms with Gasteiger partial charge in [0, 0.05) is 12.4 Å². The quantitative estimate of drug-likeness (QED) is 0.841. The highest BCUT2D eigenvalue weighted by Gasteiger charge is 2.45. The number of esters is 1. The van der Waals surface area contributed by atoms with Crippen LogP contribution in [0, 0.1) is 5.92 Å². The largest absolute Gasteiger partial charge is 0.468 e. The van der Waals surface area contributed by atoms with Crippen molar-refractivity contribution in [2.75, 3.05) is 7.11 Å². The van der Waals surface area contributed by atoms with Gasteiger partial charge in [-0.1, -0.05) is 19.3 Å². The van der Waals surface area contributed by atoms with Crippen LogP contribution in [0.4, 0.5) is 13.2 Å². The van der Waals surface area contributed by atoms with Crippen LogP contribution in [0.1, 0.15) is 43.8 Å². The fourth-order valence-electron chi connectivity index (χ4n) is 2.98. The Labute approximate surface area is 132 Å². The molecule has 1 aliphatic carbocycles. The minimum absolute atomic E-state index is 0.169. The maximum Gasteiger partial charge on any atom is 0.409 e. The predicted octanol–water partition coefficient (Wildman–Crippen LogP) is 2.79. The SMILES string of the molecule is COC(=O)C(NC(c1cnccn1)C(F)(F)F)C1CCCCC1. The molecule has 8 heteroatoms. The highest BCUT2D eigenvalue weighted by Crippen LogP contribution is 2.34. The molecule has 0 aliphatic heterocycles. The second-order valence-corrected chi connectivity index (χ2v) is 5.67. The van der Waals surface area contributed by atoms with Crippen molar-refractivity contribution in [2.45, 2.75) is 50.4 Å². The number of hydrogen-bond acceptors (Lipinski definition) is 5. The molecule has 0 spiro atoms. The molecule has 0 saturated heterocycles. The van der Waals surface area contributed by atoms with Crippen molar-refractivity contribution in [3.05, 3.63) is 24.3 Å². The summed E-state index contributed by atoms with van der Waals surface area (Å²) >= 11 is 0. The van der Waals surface area contributed by atoms with Crippen LogP contribution in [0.25, 0.3) is 0 Å². The number of rotatable bonds is 5. The fraction of sp³-hybridized carbons (Fsp3) is 0.667. The van der Waals surface area contributed by atoms with Crippen molar-refractivity contribution in [3.8, 4) is 0 Å². The zero-order valence-corrected chi connectivity index (χ0v) is 12.8. The minimum Gasteiger partial charge on any atom is -0.468 e. The molecule has 2 atom stereocenters. The molecule has 1 N–H and O–H groups in total. The second kappa shape index (κ2) is 7.72. The van der Waals surface area contributed by atoms with Gasteiger partial charge in [0.2, 0.25) is 0 Å². The first-order chi connectivity index (χ1) is 10.9. The van der Waals surface area contributed by atoms with Gasteiger partial charge in [-0.25, -0.2) is 0 Å². The molecule has 2 unspecified atom stereocenters. The van der Waals surface area contributed by atoms with Gasteiger partial charge >= 0.3 is 12.1 Å². The lowest BCUT2D eigenvalue weighted by molar-refractivity contribution is -0.166. The van der Waals surface area contributed by atoms with E-state index in [-0.39, 0.29) is 11.6 Å². The molecule has 1 aromatic heterocycles. The van der Waals surface area contributed by atoms with Crippen LogP contribution in [-0.2, 0) is 9.53 Å². The van der Waals surface area contributed by atoms with Gasteiger partial charge in [0.15, 0.2) is 0 Å². The van der Waals surface area contributed by atoms with Crippen molar-refractivity contribution in [1.29, 1.82) is 0 Å². The van der Waals surface area contributed by atoms with Gasteiger partial charge in [0.1, 0.15) is 12.1 Å². The van der Waals surface area contributed by atoms with Crippen LogP contribution in [0.2, 0.25) is 0 Å². The monoisotopic (exact) mass is 331 g/mol. The maximum absolute atomic E-state index is 13.4. The summed E-state index contributed by atoms with van der Waals surface area (Å²) < 4.78 is 45.0. The third-order valence-electron chi connectivity index (χ3n) is 4.13. The van der Waals surface area contributed by atoms with E-state index in [0.717, 1.165) is 25.5 Å². The molecule has 5 nitrogen and oxygen atoms in total. The summed E-state index contributed by atoms with van der Waals surface area (Å²) in [5.74, 6) is -0.840. The Bertz CT molecular complexity index is 504. The molecule has 1 fully saturated rings. The Morgan fingerprint density at radius 3 is 2.52 bits per heavy atom. The molecule has 1 aliphatic rings. The Morgan fingerprint density at radius 1 is 1.30 bits per heavy atom. The molecule has 23 heavy (non-hydrogen) atoms. The van der Waals surface area contributed by atoms with Gasteiger partial charge in [-0.3, -0.25) is 20.1 Å². The number of methoxy groups -OCH3 is 1. The zero-order valence-electron chi connectivity index (χ0n) is 12.8. The standard InChI is InChI=1S/C15H20F3N3O2/c1-23-14(22)12(10-5-3-2-4-6-10)21-13(15(16,17)18)11-9-19-7-8-20-11/h7-10,12-13,21H,2-6H2,1H3. The summed E-state index contributed by atoms with van der Waals surface area (Å²) in [5.41, 5.74) is -0.260. The summed E-state index contributed by atoms with van der Waals surface area (Å²) in [7, 11) is 1.19. The number of nitrogens with zero attached hydrogens (tertiary/aromatic N) is 2. The molecule has 1 heterocycles. The van der Waals surface area contributed by atoms with Crippen LogP contribution in [-0.4, -0.2) is 35.3 Å². The lowest BCUT2D eigenvalue weighted by atomic mass is 9.83. The van der Waals surface area contributed by atoms with Crippen LogP contribution in [0.15, 0.2) is 18.6 Å². The smallest absolute Gasteiger partial charge is 0.409 e. The molecular formula is C15H20F3N3O2. The highest BCUT2D eigenvalue weighted by atomic mass is 19.4. The third kappa shape index (κ3) is 4.63. The molecule has 0 aromatic carbocycles. The normalized spacial score (nSPS) is 19.1. The van der Waals surface area contributed by atoms with E-state index >= 15 is 0 Å². The number of alkyl halides is 3. The van der Waals surface area contributed by atoms with E-state index in [1.165, 1.54) is 19.5 Å². The number of carbonyl (C=O) groups excluding carboxylic acids is 1. The predicted molar refractivity (Wildman–Crippen MR) is 76.3 cm³/mol. The Hall–Kier alpha value is -1.70. The molecule has 0 radical (unpaired) electrons. The van der Waals surface area contributed by atoms with Crippen molar-refractivity contribution in [2.24, 2.45) is 5.92 Å². The van der Waals surface area contributed by atoms with E-state index in [0.29, 0.717) is 12.8 Å². The number of aromatic nitrogens is 2. The summed E-state index contributed by atoms with van der Waals surface area (Å²) in [4.78, 5) is 19.4. The molecule has 0 bridgehead atoms. The number of nitrogens with one attached hydrogen (secondary N) is 1. The maximum atomic E-state index is 13.4. The molecule has 2 rings (SSSR count). The first kappa shape index (κ1) is 17.7. The number of hydrogen-bond donors (Lipinski definition) is 1. The topological polar surface area (TPSA) is 64.1 Å². The summed E-state index contributed by atoms with van der Waals surface area (Å²) in [6.07, 6.45) is 3.23. The van der Waals surface area contributed by atoms with E-state index in [1.807, 2.05) is 0 Å². The molecule has 1 aromatic rings. The van der Waals surface area contributed by atoms with Crippen LogP contribution < -0.4 is 5.32 Å². The molecule has 128 valence electrons. The lowest BCUT2D eigenvalue weighted by Crippen LogP contribution is -2.49. The Kier molecular flexibility index (Phi) is 5.92. The van der Waals surface area contributed by atoms with Crippen molar-refractivity contribution < 1.29 is 22.7 Å². The van der Waals surface area contributed by atoms with Crippen LogP contribution >= 0.6 is 0 Å². The lowest BCUT2D eigenvalue weighted by Gasteiger charge is -2.32. The van der Waals surface area contributed by atoms with E-state index in [9.17, 15) is 18.0 Å². The van der Waals surface area contributed by atoms with E-state index in [4.69, 9.17) is 4.74 Å². The summed E-state index contributed by atoms with van der Waals surface area (Å²) in [6.45, 7) is 0. The Balaban J connectivity index is 2.24. The van der Waals surface area contributed by atoms with Crippen molar-refractivity contribution in [3.63, 3.8) is 0 Å². The zero-order chi connectivity index (χ0) is 16.9. The molecular weight excluding hydrogens is 311 g/mol. The van der Waals surface area contributed by atoms with E-state index in [1.54, 1.807) is 0 Å². The summed E-state index contributed by atoms with van der Waals surface area (Å²) in [5, 5.41) is 2.43. The van der Waals surface area contributed by atoms with Crippen molar-refractivity contribution in [1.82, 2.24) is 15.3 Å². The average molecular weight is 331 g/mol.